The van der Waals surface area contributed by atoms with Crippen molar-refractivity contribution in [2.75, 3.05) is 5.32 Å². The standard InChI is InChI=1S/C12H11ClN6/c1-7-2-3-8(4-14-7)5-15-10-9-11(17-6-16-9)19-12(13)18-10/h2-4,6H,5H2,1H3,(H2,15,16,17,18,19). The number of anilines is 1. The van der Waals surface area contributed by atoms with Crippen LogP contribution in [0.5, 0.6) is 0 Å². The maximum Gasteiger partial charge on any atom is 0.226 e. The van der Waals surface area contributed by atoms with Crippen molar-refractivity contribution in [3.8, 4) is 0 Å². The van der Waals surface area contributed by atoms with E-state index in [0.717, 1.165) is 16.8 Å². The van der Waals surface area contributed by atoms with Gasteiger partial charge in [-0.2, -0.15) is 9.97 Å². The summed E-state index contributed by atoms with van der Waals surface area (Å²) in [5.41, 5.74) is 3.34. The van der Waals surface area contributed by atoms with Crippen LogP contribution >= 0.6 is 11.6 Å². The van der Waals surface area contributed by atoms with Crippen LogP contribution in [0.4, 0.5) is 5.82 Å². The number of halogens is 1. The summed E-state index contributed by atoms with van der Waals surface area (Å²) in [4.78, 5) is 19.5. The average molecular weight is 275 g/mol. The van der Waals surface area contributed by atoms with Crippen LogP contribution < -0.4 is 5.32 Å². The summed E-state index contributed by atoms with van der Waals surface area (Å²) in [6.07, 6.45) is 3.39. The number of aromatic nitrogens is 5. The Morgan fingerprint density at radius 2 is 2.16 bits per heavy atom. The van der Waals surface area contributed by atoms with Gasteiger partial charge in [-0.05, 0) is 30.2 Å². The lowest BCUT2D eigenvalue weighted by Gasteiger charge is -2.06. The molecule has 0 aliphatic carbocycles. The molecule has 6 nitrogen and oxygen atoms in total. The van der Waals surface area contributed by atoms with Crippen LogP contribution in [0.2, 0.25) is 5.28 Å². The fourth-order valence-electron chi connectivity index (χ4n) is 1.72. The molecule has 0 fully saturated rings. The fraction of sp³-hybridized carbons (Fsp3) is 0.167. The third-order valence-corrected chi connectivity index (χ3v) is 2.86. The topological polar surface area (TPSA) is 79.4 Å². The largest absolute Gasteiger partial charge is 0.364 e. The van der Waals surface area contributed by atoms with Crippen LogP contribution in [-0.2, 0) is 6.54 Å². The Labute approximate surface area is 114 Å². The van der Waals surface area contributed by atoms with Crippen molar-refractivity contribution < 1.29 is 0 Å². The number of aromatic amines is 1. The lowest BCUT2D eigenvalue weighted by Crippen LogP contribution is -2.03. The zero-order valence-electron chi connectivity index (χ0n) is 10.2. The van der Waals surface area contributed by atoms with Crippen molar-refractivity contribution in [3.05, 3.63) is 41.2 Å². The lowest BCUT2D eigenvalue weighted by molar-refractivity contribution is 1.06. The molecule has 7 heteroatoms. The Hall–Kier alpha value is -2.21. The smallest absolute Gasteiger partial charge is 0.226 e. The zero-order valence-corrected chi connectivity index (χ0v) is 10.9. The van der Waals surface area contributed by atoms with Crippen LogP contribution in [-0.4, -0.2) is 24.9 Å². The third kappa shape index (κ3) is 2.48. The van der Waals surface area contributed by atoms with E-state index in [1.165, 1.54) is 0 Å². The summed E-state index contributed by atoms with van der Waals surface area (Å²) in [5.74, 6) is 0.632. The Morgan fingerprint density at radius 3 is 2.95 bits per heavy atom. The highest BCUT2D eigenvalue weighted by Crippen LogP contribution is 2.19. The minimum atomic E-state index is 0.170. The van der Waals surface area contributed by atoms with Gasteiger partial charge in [0.25, 0.3) is 0 Å². The number of fused-ring (bicyclic) bond motifs is 1. The molecule has 96 valence electrons. The molecule has 3 rings (SSSR count). The number of aryl methyl sites for hydroxylation is 1. The van der Waals surface area contributed by atoms with E-state index in [9.17, 15) is 0 Å². The van der Waals surface area contributed by atoms with E-state index in [-0.39, 0.29) is 5.28 Å². The van der Waals surface area contributed by atoms with Crippen LogP contribution in [0.25, 0.3) is 11.2 Å². The second-order valence-electron chi connectivity index (χ2n) is 4.10. The molecule has 0 saturated heterocycles. The summed E-state index contributed by atoms with van der Waals surface area (Å²) in [6, 6.07) is 3.98. The zero-order chi connectivity index (χ0) is 13.2. The van der Waals surface area contributed by atoms with Crippen molar-refractivity contribution in [2.24, 2.45) is 0 Å². The number of rotatable bonds is 3. The van der Waals surface area contributed by atoms with Gasteiger partial charge in [-0.1, -0.05) is 6.07 Å². The summed E-state index contributed by atoms with van der Waals surface area (Å²) >= 11 is 5.85. The Kier molecular flexibility index (Phi) is 3.00. The number of hydrogen-bond donors (Lipinski definition) is 2. The van der Waals surface area contributed by atoms with E-state index in [2.05, 4.69) is 30.2 Å². The highest BCUT2D eigenvalue weighted by atomic mass is 35.5. The summed E-state index contributed by atoms with van der Waals surface area (Å²) < 4.78 is 0. The third-order valence-electron chi connectivity index (χ3n) is 2.69. The number of H-pyrrole nitrogens is 1. The maximum absolute atomic E-state index is 5.85. The highest BCUT2D eigenvalue weighted by Gasteiger charge is 2.08. The van der Waals surface area contributed by atoms with Crippen molar-refractivity contribution in [1.29, 1.82) is 0 Å². The molecule has 0 aromatic carbocycles. The lowest BCUT2D eigenvalue weighted by atomic mass is 10.2. The second-order valence-corrected chi connectivity index (χ2v) is 4.44. The molecule has 0 aliphatic rings. The van der Waals surface area contributed by atoms with Gasteiger partial charge < -0.3 is 10.3 Å². The van der Waals surface area contributed by atoms with Gasteiger partial charge >= 0.3 is 0 Å². The van der Waals surface area contributed by atoms with Crippen molar-refractivity contribution >= 4 is 28.6 Å². The molecule has 0 radical (unpaired) electrons. The first-order chi connectivity index (χ1) is 9.22. The molecule has 0 saturated carbocycles. The average Bonchev–Trinajstić information content (AvgIpc) is 2.85. The van der Waals surface area contributed by atoms with Gasteiger partial charge in [-0.3, -0.25) is 4.98 Å². The molecule has 0 spiro atoms. The molecule has 0 aliphatic heterocycles. The summed E-state index contributed by atoms with van der Waals surface area (Å²) in [5, 5.41) is 3.37. The van der Waals surface area contributed by atoms with E-state index < -0.39 is 0 Å². The normalized spacial score (nSPS) is 10.8. The van der Waals surface area contributed by atoms with Crippen molar-refractivity contribution in [3.63, 3.8) is 0 Å². The predicted molar refractivity (Wildman–Crippen MR) is 73.0 cm³/mol. The van der Waals surface area contributed by atoms with Gasteiger partial charge in [0, 0.05) is 18.4 Å². The molecule has 3 aromatic heterocycles. The Morgan fingerprint density at radius 1 is 1.26 bits per heavy atom. The number of nitrogens with one attached hydrogen (secondary N) is 2. The SMILES string of the molecule is Cc1ccc(CNc2nc(Cl)nc3nc[nH]c23)cn1. The summed E-state index contributed by atoms with van der Waals surface area (Å²) in [7, 11) is 0. The van der Waals surface area contributed by atoms with E-state index in [0.29, 0.717) is 18.0 Å². The second kappa shape index (κ2) is 4.81. The van der Waals surface area contributed by atoms with Crippen LogP contribution in [0.1, 0.15) is 11.3 Å². The molecular formula is C12H11ClN6. The highest BCUT2D eigenvalue weighted by molar-refractivity contribution is 6.28. The number of imidazole rings is 1. The maximum atomic E-state index is 5.85. The van der Waals surface area contributed by atoms with E-state index in [4.69, 9.17) is 11.6 Å². The van der Waals surface area contributed by atoms with Gasteiger partial charge in [0.05, 0.1) is 6.33 Å². The molecule has 19 heavy (non-hydrogen) atoms. The van der Waals surface area contributed by atoms with E-state index in [1.54, 1.807) is 6.33 Å². The monoisotopic (exact) mass is 274 g/mol. The number of nitrogens with zero attached hydrogens (tertiary/aromatic N) is 4. The van der Waals surface area contributed by atoms with Crippen LogP contribution in [0.15, 0.2) is 24.7 Å². The molecule has 2 N–H and O–H groups in total. The fourth-order valence-corrected chi connectivity index (χ4v) is 1.89. The molecular weight excluding hydrogens is 264 g/mol. The van der Waals surface area contributed by atoms with Crippen LogP contribution in [0, 0.1) is 6.92 Å². The van der Waals surface area contributed by atoms with E-state index >= 15 is 0 Å². The minimum absolute atomic E-state index is 0.170. The first-order valence-corrected chi connectivity index (χ1v) is 6.12. The molecule has 0 unspecified atom stereocenters. The first-order valence-electron chi connectivity index (χ1n) is 5.74. The van der Waals surface area contributed by atoms with E-state index in [1.807, 2.05) is 25.3 Å². The molecule has 3 heterocycles. The van der Waals surface area contributed by atoms with Gasteiger partial charge in [0.15, 0.2) is 11.5 Å². The Balaban J connectivity index is 1.85. The molecule has 0 atom stereocenters. The van der Waals surface area contributed by atoms with Gasteiger partial charge in [0.1, 0.15) is 5.52 Å². The Bertz CT molecular complexity index is 706. The first kappa shape index (κ1) is 11.9. The summed E-state index contributed by atoms with van der Waals surface area (Å²) in [6.45, 7) is 2.56. The van der Waals surface area contributed by atoms with Crippen molar-refractivity contribution in [2.45, 2.75) is 13.5 Å². The van der Waals surface area contributed by atoms with Crippen LogP contribution in [0.3, 0.4) is 0 Å². The quantitative estimate of drug-likeness (QED) is 0.717. The van der Waals surface area contributed by atoms with Gasteiger partial charge in [0.2, 0.25) is 5.28 Å². The molecule has 3 aromatic rings. The number of pyridine rings is 1. The predicted octanol–water partition coefficient (Wildman–Crippen LogP) is 2.32. The van der Waals surface area contributed by atoms with Crippen molar-refractivity contribution in [1.82, 2.24) is 24.9 Å². The minimum Gasteiger partial charge on any atom is -0.364 e. The van der Waals surface area contributed by atoms with Gasteiger partial charge in [-0.25, -0.2) is 4.98 Å². The van der Waals surface area contributed by atoms with Gasteiger partial charge in [-0.15, -0.1) is 0 Å². The molecule has 0 bridgehead atoms. The number of hydrogen-bond acceptors (Lipinski definition) is 5. The molecule has 0 amide bonds.